The van der Waals surface area contributed by atoms with Crippen LogP contribution in [0.1, 0.15) is 33.6 Å². The van der Waals surface area contributed by atoms with Gasteiger partial charge in [-0.25, -0.2) is 13.1 Å². The molecule has 0 amide bonds. The molecule has 0 aromatic heterocycles. The maximum absolute atomic E-state index is 11.3. The monoisotopic (exact) mass is 241 g/mol. The van der Waals surface area contributed by atoms with Gasteiger partial charge in [0.2, 0.25) is 10.0 Å². The van der Waals surface area contributed by atoms with Gasteiger partial charge >= 0.3 is 0 Å². The summed E-state index contributed by atoms with van der Waals surface area (Å²) in [4.78, 5) is 0. The Morgan fingerprint density at radius 2 is 1.79 bits per heavy atom. The second-order valence-electron chi connectivity index (χ2n) is 4.00. The van der Waals surface area contributed by atoms with E-state index in [1.165, 1.54) is 0 Å². The molecule has 0 aliphatic heterocycles. The summed E-state index contributed by atoms with van der Waals surface area (Å²) < 4.78 is 25.2. The molecule has 0 heterocycles. The predicted molar refractivity (Wildman–Crippen MR) is 61.2 cm³/mol. The van der Waals surface area contributed by atoms with Crippen molar-refractivity contribution in [3.8, 4) is 0 Å². The van der Waals surface area contributed by atoms with E-state index < -0.39 is 10.0 Å². The molecule has 0 fully saturated rings. The first-order chi connectivity index (χ1) is 6.37. The Morgan fingerprint density at radius 1 is 1.21 bits per heavy atom. The first-order valence-electron chi connectivity index (χ1n) is 4.93. The second-order valence-corrected chi connectivity index (χ2v) is 6.25. The Balaban J connectivity index is 3.87. The molecular weight excluding hydrogens is 222 g/mol. The quantitative estimate of drug-likeness (QED) is 0.693. The summed E-state index contributed by atoms with van der Waals surface area (Å²) in [6.45, 7) is 6.13. The van der Waals surface area contributed by atoms with Gasteiger partial charge in [0.15, 0.2) is 0 Å². The zero-order valence-electron chi connectivity index (χ0n) is 9.09. The van der Waals surface area contributed by atoms with Crippen molar-refractivity contribution in [3.63, 3.8) is 0 Å². The van der Waals surface area contributed by atoms with E-state index in [1.807, 2.05) is 6.92 Å². The Labute approximate surface area is 92.3 Å². The van der Waals surface area contributed by atoms with E-state index in [0.29, 0.717) is 5.92 Å². The summed E-state index contributed by atoms with van der Waals surface area (Å²) >= 11 is 5.38. The lowest BCUT2D eigenvalue weighted by Crippen LogP contribution is -2.34. The van der Waals surface area contributed by atoms with Crippen LogP contribution in [-0.4, -0.2) is 26.1 Å². The highest BCUT2D eigenvalue weighted by Gasteiger charge is 2.13. The molecule has 0 aliphatic carbocycles. The van der Waals surface area contributed by atoms with Gasteiger partial charge in [-0.1, -0.05) is 13.8 Å². The van der Waals surface area contributed by atoms with Crippen LogP contribution in [0.25, 0.3) is 0 Å². The van der Waals surface area contributed by atoms with Gasteiger partial charge in [-0.05, 0) is 25.7 Å². The van der Waals surface area contributed by atoms with E-state index in [0.717, 1.165) is 12.8 Å². The lowest BCUT2D eigenvalue weighted by molar-refractivity contribution is 0.486. The van der Waals surface area contributed by atoms with E-state index in [-0.39, 0.29) is 17.7 Å². The van der Waals surface area contributed by atoms with Crippen LogP contribution >= 0.6 is 11.6 Å². The molecule has 3 nitrogen and oxygen atoms in total. The molecule has 0 radical (unpaired) electrons. The molecule has 0 aromatic carbocycles. The normalized spacial score (nSPS) is 14.6. The smallest absolute Gasteiger partial charge is 0.212 e. The minimum absolute atomic E-state index is 0.000570. The fourth-order valence-electron chi connectivity index (χ4n) is 1.11. The zero-order valence-corrected chi connectivity index (χ0v) is 10.7. The van der Waals surface area contributed by atoms with Crippen molar-refractivity contribution >= 4 is 21.6 Å². The zero-order chi connectivity index (χ0) is 11.2. The molecule has 0 aliphatic rings. The number of rotatable bonds is 7. The van der Waals surface area contributed by atoms with Gasteiger partial charge in [0.05, 0.1) is 5.75 Å². The molecule has 0 spiro atoms. The molecule has 14 heavy (non-hydrogen) atoms. The van der Waals surface area contributed by atoms with Crippen molar-refractivity contribution in [3.05, 3.63) is 0 Å². The third-order valence-electron chi connectivity index (χ3n) is 1.90. The van der Waals surface area contributed by atoms with Gasteiger partial charge in [0.1, 0.15) is 0 Å². The van der Waals surface area contributed by atoms with Crippen molar-refractivity contribution < 1.29 is 8.42 Å². The van der Waals surface area contributed by atoms with E-state index in [1.54, 1.807) is 0 Å². The summed E-state index contributed by atoms with van der Waals surface area (Å²) in [5.41, 5.74) is 0. The fourth-order valence-corrected chi connectivity index (χ4v) is 2.77. The molecule has 5 heteroatoms. The van der Waals surface area contributed by atoms with Gasteiger partial charge < -0.3 is 0 Å². The maximum Gasteiger partial charge on any atom is 0.213 e. The highest BCUT2D eigenvalue weighted by molar-refractivity contribution is 7.89. The SMILES string of the molecule is CC(C)CCC(C)NS(=O)(=O)CCCl. The Hall–Kier alpha value is 0.200. The molecule has 86 valence electrons. The molecule has 0 aromatic rings. The van der Waals surface area contributed by atoms with Crippen LogP contribution in [0, 0.1) is 5.92 Å². The van der Waals surface area contributed by atoms with Crippen molar-refractivity contribution in [2.45, 2.75) is 39.7 Å². The molecule has 0 rings (SSSR count). The Kier molecular flexibility index (Phi) is 6.74. The van der Waals surface area contributed by atoms with E-state index in [2.05, 4.69) is 18.6 Å². The third kappa shape index (κ3) is 7.59. The summed E-state index contributed by atoms with van der Waals surface area (Å²) in [5.74, 6) is 0.752. The van der Waals surface area contributed by atoms with E-state index in [4.69, 9.17) is 11.6 Å². The molecule has 0 bridgehead atoms. The van der Waals surface area contributed by atoms with Crippen molar-refractivity contribution in [1.29, 1.82) is 0 Å². The van der Waals surface area contributed by atoms with Gasteiger partial charge in [0.25, 0.3) is 0 Å². The summed E-state index contributed by atoms with van der Waals surface area (Å²) in [7, 11) is -3.16. The van der Waals surface area contributed by atoms with Gasteiger partial charge in [-0.15, -0.1) is 11.6 Å². The number of nitrogens with one attached hydrogen (secondary N) is 1. The first-order valence-corrected chi connectivity index (χ1v) is 7.12. The number of alkyl halides is 1. The lowest BCUT2D eigenvalue weighted by Gasteiger charge is -2.14. The average Bonchev–Trinajstić information content (AvgIpc) is 1.99. The highest BCUT2D eigenvalue weighted by atomic mass is 35.5. The van der Waals surface area contributed by atoms with Gasteiger partial charge in [0, 0.05) is 11.9 Å². The van der Waals surface area contributed by atoms with Crippen molar-refractivity contribution in [1.82, 2.24) is 4.72 Å². The van der Waals surface area contributed by atoms with Crippen LogP contribution < -0.4 is 4.72 Å². The topological polar surface area (TPSA) is 46.2 Å². The average molecular weight is 242 g/mol. The van der Waals surface area contributed by atoms with Crippen LogP contribution in [0.4, 0.5) is 0 Å². The molecular formula is C9H20ClNO2S. The molecule has 1 N–H and O–H groups in total. The van der Waals surface area contributed by atoms with Crippen LogP contribution in [0.2, 0.25) is 0 Å². The number of hydrogen-bond acceptors (Lipinski definition) is 2. The van der Waals surface area contributed by atoms with Crippen LogP contribution in [0.5, 0.6) is 0 Å². The van der Waals surface area contributed by atoms with Crippen LogP contribution in [0.15, 0.2) is 0 Å². The highest BCUT2D eigenvalue weighted by Crippen LogP contribution is 2.07. The Morgan fingerprint density at radius 3 is 2.21 bits per heavy atom. The summed E-state index contributed by atoms with van der Waals surface area (Å²) in [6.07, 6.45) is 1.91. The lowest BCUT2D eigenvalue weighted by atomic mass is 10.1. The second kappa shape index (κ2) is 6.64. The standard InChI is InChI=1S/C9H20ClNO2S/c1-8(2)4-5-9(3)11-14(12,13)7-6-10/h8-9,11H,4-7H2,1-3H3. The minimum atomic E-state index is -3.16. The summed E-state index contributed by atoms with van der Waals surface area (Å²) in [5, 5.41) is 0. The van der Waals surface area contributed by atoms with E-state index >= 15 is 0 Å². The molecule has 0 saturated carbocycles. The van der Waals surface area contributed by atoms with E-state index in [9.17, 15) is 8.42 Å². The largest absolute Gasteiger partial charge is 0.213 e. The van der Waals surface area contributed by atoms with Crippen LogP contribution in [0.3, 0.4) is 0 Å². The van der Waals surface area contributed by atoms with Crippen LogP contribution in [-0.2, 0) is 10.0 Å². The third-order valence-corrected chi connectivity index (χ3v) is 3.82. The number of hydrogen-bond donors (Lipinski definition) is 1. The molecule has 1 unspecified atom stereocenters. The minimum Gasteiger partial charge on any atom is -0.212 e. The fraction of sp³-hybridized carbons (Fsp3) is 1.00. The maximum atomic E-state index is 11.3. The van der Waals surface area contributed by atoms with Crippen molar-refractivity contribution in [2.75, 3.05) is 11.6 Å². The Bertz CT molecular complexity index is 239. The van der Waals surface area contributed by atoms with Crippen molar-refractivity contribution in [2.24, 2.45) is 5.92 Å². The molecule has 1 atom stereocenters. The van der Waals surface area contributed by atoms with Gasteiger partial charge in [-0.3, -0.25) is 0 Å². The van der Waals surface area contributed by atoms with Gasteiger partial charge in [-0.2, -0.15) is 0 Å². The first kappa shape index (κ1) is 14.2. The molecule has 0 saturated heterocycles. The number of sulfonamides is 1. The number of halogens is 1. The summed E-state index contributed by atoms with van der Waals surface area (Å²) in [6, 6.07) is 0.00520. The predicted octanol–water partition coefficient (Wildman–Crippen LogP) is 1.97.